The molecule has 14 aromatic rings. The topological polar surface area (TPSA) is 153 Å². The minimum Gasteiger partial charge on any atom is -0.274 e. The Hall–Kier alpha value is -10.0. The Morgan fingerprint density at radius 1 is 0.276 bits per heavy atom. The van der Waals surface area contributed by atoms with Gasteiger partial charge in [0.1, 0.15) is 0 Å². The molecular formula is C104H116N4O8. The predicted molar refractivity (Wildman–Crippen MR) is 485 cm³/mol. The van der Waals surface area contributed by atoms with E-state index in [4.69, 9.17) is 0 Å². The number of hydrogen-bond acceptors (Lipinski definition) is 8. The number of fused-ring (bicyclic) bond motifs is 2. The lowest BCUT2D eigenvalue weighted by Crippen LogP contribution is -2.43. The fourth-order valence-corrected chi connectivity index (χ4v) is 20.2. The average molecular weight is 1550 g/mol. The van der Waals surface area contributed by atoms with Gasteiger partial charge in [0.05, 0.1) is 0 Å². The first-order chi connectivity index (χ1) is 56.4. The Bertz CT molecular complexity index is 6140. The third kappa shape index (κ3) is 13.7. The highest BCUT2D eigenvalue weighted by Crippen LogP contribution is 2.54. The number of nitrogens with zero attached hydrogens (tertiary/aromatic N) is 4. The molecule has 116 heavy (non-hydrogen) atoms. The third-order valence-corrected chi connectivity index (χ3v) is 26.9. The van der Waals surface area contributed by atoms with Gasteiger partial charge in [-0.1, -0.05) is 234 Å². The molecule has 2 aliphatic heterocycles. The highest BCUT2D eigenvalue weighted by molar-refractivity contribution is 6.50. The van der Waals surface area contributed by atoms with Gasteiger partial charge in [-0.25, -0.2) is 0 Å². The molecule has 0 N–H and O–H groups in total. The van der Waals surface area contributed by atoms with E-state index in [9.17, 15) is 38.4 Å². The lowest BCUT2D eigenvalue weighted by atomic mass is 9.77. The van der Waals surface area contributed by atoms with Crippen LogP contribution < -0.4 is 22.2 Å². The molecule has 4 heterocycles. The zero-order valence-corrected chi connectivity index (χ0v) is 70.9. The predicted octanol–water partition coefficient (Wildman–Crippen LogP) is 24.7. The molecule has 0 fully saturated rings. The first-order valence-corrected chi connectivity index (χ1v) is 44.9. The summed E-state index contributed by atoms with van der Waals surface area (Å²) in [5.74, 6) is 13.6. The van der Waals surface area contributed by atoms with Crippen LogP contribution in [0.15, 0.2) is 92.0 Å². The van der Waals surface area contributed by atoms with Gasteiger partial charge in [0.15, 0.2) is 0 Å². The van der Waals surface area contributed by atoms with Crippen LogP contribution in [0.4, 0.5) is 0 Å². The van der Waals surface area contributed by atoms with Crippen LogP contribution in [0.1, 0.15) is 314 Å². The second kappa shape index (κ2) is 34.3. The summed E-state index contributed by atoms with van der Waals surface area (Å²) in [5.41, 5.74) is 5.02. The van der Waals surface area contributed by atoms with E-state index in [1.165, 1.54) is 9.80 Å². The van der Waals surface area contributed by atoms with Gasteiger partial charge in [0.25, 0.3) is 45.9 Å². The van der Waals surface area contributed by atoms with Crippen molar-refractivity contribution in [1.82, 2.24) is 18.9 Å². The number of aryl methyl sites for hydroxylation is 2. The zero-order valence-electron chi connectivity index (χ0n) is 70.9. The van der Waals surface area contributed by atoms with Crippen LogP contribution in [0.25, 0.3) is 129 Å². The zero-order chi connectivity index (χ0) is 81.7. The maximum Gasteiger partial charge on any atom is 0.261 e. The molecule has 4 atom stereocenters. The molecule has 4 amide bonds. The number of unbranched alkanes of at least 4 members (excludes halogenated alkanes) is 10. The summed E-state index contributed by atoms with van der Waals surface area (Å²) in [7, 11) is 0. The van der Waals surface area contributed by atoms with Crippen molar-refractivity contribution in [3.63, 3.8) is 0 Å². The van der Waals surface area contributed by atoms with Crippen molar-refractivity contribution in [3.8, 4) is 23.7 Å². The maximum atomic E-state index is 14.8. The summed E-state index contributed by atoms with van der Waals surface area (Å²) in [6, 6.07) is 24.4. The summed E-state index contributed by atoms with van der Waals surface area (Å²) in [4.78, 5) is 120. The minimum atomic E-state index is -0.274. The lowest BCUT2D eigenvalue weighted by Gasteiger charge is -2.33. The highest BCUT2D eigenvalue weighted by Gasteiger charge is 2.40. The van der Waals surface area contributed by atoms with Crippen LogP contribution in [-0.2, 0) is 25.9 Å². The number of benzene rings is 12. The molecular weight excluding hydrogens is 1430 g/mol. The third-order valence-electron chi connectivity index (χ3n) is 26.9. The van der Waals surface area contributed by atoms with Gasteiger partial charge in [0, 0.05) is 148 Å². The van der Waals surface area contributed by atoms with Gasteiger partial charge >= 0.3 is 0 Å². The standard InChI is InChI=1S/2C52H58N2O4/c1-7-13-17-29(11-5)27-53-49(55)37-23-33-21-32(20-16-10-4)36-26-40-44-38(50(56)54(52(40)58)28-30(12-6)18-14-8-2)24-34-22-31(19-15-9-3)35-25-39(51(53)57)43(37)47-41(33)46(36)48(44)42(34)45(35)47;1-7-13-17-19-23-35-29-41-45-39(49(55)53(51(41)57)31-33(11-5)21-15-9-3)28-26-38-44-36(24-20-18-14-8-2)30-42-46-40(27-25-37(48(44)46)43(35)47(38)45)50(56)54(52(42)58)32-34(12-6)22-16-10-4/h21-26,29-30H,7-20,27-28H2,1-6H3;25-30,33-34H,7-18,21-22,31-32H2,1-6H3. The molecule has 12 aromatic carbocycles. The second-order valence-corrected chi connectivity index (χ2v) is 34.4. The largest absolute Gasteiger partial charge is 0.274 e. The number of hydrogen-bond donors (Lipinski definition) is 0. The monoisotopic (exact) mass is 1550 g/mol. The lowest BCUT2D eigenvalue weighted by molar-refractivity contribution is 0.0565. The molecule has 0 saturated carbocycles. The number of rotatable bonds is 34. The summed E-state index contributed by atoms with van der Waals surface area (Å²) < 4.78 is 3.11. The molecule has 12 nitrogen and oxygen atoms in total. The van der Waals surface area contributed by atoms with Gasteiger partial charge in [-0.3, -0.25) is 57.3 Å². The smallest absolute Gasteiger partial charge is 0.261 e. The van der Waals surface area contributed by atoms with E-state index in [2.05, 4.69) is 143 Å². The maximum absolute atomic E-state index is 14.8. The van der Waals surface area contributed by atoms with E-state index >= 15 is 0 Å². The van der Waals surface area contributed by atoms with Gasteiger partial charge in [-0.05, 0) is 201 Å². The van der Waals surface area contributed by atoms with Gasteiger partial charge < -0.3 is 0 Å². The Kier molecular flexibility index (Phi) is 24.0. The Labute approximate surface area is 682 Å². The molecule has 0 bridgehead atoms. The van der Waals surface area contributed by atoms with E-state index in [1.807, 2.05) is 36.4 Å². The molecule has 600 valence electrons. The molecule has 2 aromatic heterocycles. The molecule has 0 spiro atoms. The Balaban J connectivity index is 0.000000182. The van der Waals surface area contributed by atoms with Crippen molar-refractivity contribution >= 4 is 153 Å². The minimum absolute atomic E-state index is 0.192. The fraction of sp³-hybridized carbons (Fsp3) is 0.462. The van der Waals surface area contributed by atoms with Gasteiger partial charge in [-0.2, -0.15) is 0 Å². The summed E-state index contributed by atoms with van der Waals surface area (Å²) in [6.45, 7) is 27.6. The quantitative estimate of drug-likeness (QED) is 0.0127. The van der Waals surface area contributed by atoms with Gasteiger partial charge in [-0.15, -0.1) is 0 Å². The van der Waals surface area contributed by atoms with E-state index in [0.717, 1.165) is 286 Å². The average Bonchev–Trinajstić information content (AvgIpc) is 0.667. The highest BCUT2D eigenvalue weighted by atomic mass is 16.2. The summed E-state index contributed by atoms with van der Waals surface area (Å²) >= 11 is 0. The van der Waals surface area contributed by atoms with E-state index in [-0.39, 0.29) is 69.5 Å². The molecule has 2 aliphatic rings. The molecule has 4 unspecified atom stereocenters. The van der Waals surface area contributed by atoms with Crippen LogP contribution in [0, 0.1) is 47.4 Å². The SMILES string of the molecule is CCCCC#Cc1cc2c3c(ccc4c5c(C#CCCCC)cc6c7c(ccc(c1c34)c75)C(=O)N(CC(CC)CCCC)C6=O)C(=O)N(CC(CC)CCCC)C2=O.CCCCc1cc2cc3c(=O)n(CC(CC)CCCC)c(=O)c4cc5c(CCCC)cc6cc7c(=O)n(CC(CC)CCCC)c(=O)c8cc1c1c2c(c34)c5c6c1c78. The first kappa shape index (κ1) is 81.1. The number of pyridine rings is 2. The van der Waals surface area contributed by atoms with Crippen LogP contribution >= 0.6 is 0 Å². The van der Waals surface area contributed by atoms with Crippen LogP contribution in [0.5, 0.6) is 0 Å². The fourth-order valence-electron chi connectivity index (χ4n) is 20.2. The number of amides is 4. The first-order valence-electron chi connectivity index (χ1n) is 44.9. The number of carbonyl (C=O) groups excluding carboxylic acids is 4. The Morgan fingerprint density at radius 3 is 0.931 bits per heavy atom. The van der Waals surface area contributed by atoms with Crippen molar-refractivity contribution in [1.29, 1.82) is 0 Å². The van der Waals surface area contributed by atoms with E-state index < -0.39 is 0 Å². The number of carbonyl (C=O) groups is 4. The summed E-state index contributed by atoms with van der Waals surface area (Å²) in [6.07, 6.45) is 27.1. The normalized spacial score (nSPS) is 14.3. The molecule has 0 radical (unpaired) electrons. The number of imide groups is 2. The van der Waals surface area contributed by atoms with Crippen molar-refractivity contribution in [2.24, 2.45) is 23.7 Å². The molecule has 16 rings (SSSR count). The van der Waals surface area contributed by atoms with Crippen molar-refractivity contribution < 1.29 is 19.2 Å². The van der Waals surface area contributed by atoms with E-state index in [0.29, 0.717) is 93.6 Å². The van der Waals surface area contributed by atoms with Gasteiger partial charge in [0.2, 0.25) is 0 Å². The van der Waals surface area contributed by atoms with Crippen molar-refractivity contribution in [2.45, 2.75) is 276 Å². The van der Waals surface area contributed by atoms with Crippen LogP contribution in [0.3, 0.4) is 0 Å². The molecule has 0 saturated heterocycles. The summed E-state index contributed by atoms with van der Waals surface area (Å²) in [5, 5.41) is 20.6. The Morgan fingerprint density at radius 2 is 0.595 bits per heavy atom. The van der Waals surface area contributed by atoms with Crippen LogP contribution in [-0.4, -0.2) is 55.7 Å². The van der Waals surface area contributed by atoms with E-state index in [1.54, 1.807) is 9.13 Å². The molecule has 12 heteroatoms. The second-order valence-electron chi connectivity index (χ2n) is 34.4. The van der Waals surface area contributed by atoms with Crippen molar-refractivity contribution in [3.05, 3.63) is 159 Å². The number of aromatic nitrogens is 2. The van der Waals surface area contributed by atoms with Crippen molar-refractivity contribution in [2.75, 3.05) is 13.1 Å². The molecule has 0 aliphatic carbocycles. The van der Waals surface area contributed by atoms with Crippen LogP contribution in [0.2, 0.25) is 0 Å².